The quantitative estimate of drug-likeness (QED) is 0.296. The molecule has 3 aromatic heterocycles. The highest BCUT2D eigenvalue weighted by atomic mass is 19.1. The number of ether oxygens (including phenoxy) is 2. The zero-order valence-corrected chi connectivity index (χ0v) is 17.9. The van der Waals surface area contributed by atoms with Gasteiger partial charge in [-0.1, -0.05) is 0 Å². The fourth-order valence-electron chi connectivity index (χ4n) is 2.64. The van der Waals surface area contributed by atoms with E-state index in [0.717, 1.165) is 6.20 Å². The summed E-state index contributed by atoms with van der Waals surface area (Å²) in [6.07, 6.45) is 0.250. The van der Waals surface area contributed by atoms with Gasteiger partial charge in [-0.05, 0) is 32.9 Å². The Morgan fingerprint density at radius 2 is 1.84 bits per heavy atom. The molecule has 0 radical (unpaired) electrons. The van der Waals surface area contributed by atoms with E-state index in [4.69, 9.17) is 9.47 Å². The average molecular weight is 447 g/mol. The third-order valence-corrected chi connectivity index (χ3v) is 4.11. The molecule has 0 spiro atoms. The maximum absolute atomic E-state index is 13.2. The summed E-state index contributed by atoms with van der Waals surface area (Å²) in [5.74, 6) is 1.17. The first kappa shape index (κ1) is 23.2. The number of aliphatic hydroxyl groups is 2. The monoisotopic (exact) mass is 447 g/mol. The van der Waals surface area contributed by atoms with Crippen molar-refractivity contribution in [2.75, 3.05) is 23.8 Å². The third kappa shape index (κ3) is 6.49. The molecular weight excluding hydrogens is 421 g/mol. The molecular formula is C20H26FN7O4. The molecule has 1 unspecified atom stereocenters. The molecule has 5 N–H and O–H groups in total. The van der Waals surface area contributed by atoms with Crippen molar-refractivity contribution in [2.45, 2.75) is 39.0 Å². The van der Waals surface area contributed by atoms with E-state index >= 15 is 0 Å². The summed E-state index contributed by atoms with van der Waals surface area (Å²) < 4.78 is 24.2. The van der Waals surface area contributed by atoms with Gasteiger partial charge in [-0.25, -0.2) is 4.39 Å². The Hall–Kier alpha value is -3.51. The van der Waals surface area contributed by atoms with Crippen LogP contribution in [0.15, 0.2) is 30.5 Å². The third-order valence-electron chi connectivity index (χ3n) is 4.11. The predicted octanol–water partition coefficient (Wildman–Crippen LogP) is 2.17. The lowest BCUT2D eigenvalue weighted by molar-refractivity contribution is 0.0597. The van der Waals surface area contributed by atoms with Crippen LogP contribution in [-0.2, 0) is 0 Å². The molecule has 1 atom stereocenters. The van der Waals surface area contributed by atoms with Crippen molar-refractivity contribution in [1.82, 2.24) is 25.1 Å². The zero-order chi connectivity index (χ0) is 23.1. The summed E-state index contributed by atoms with van der Waals surface area (Å²) in [5.41, 5.74) is 0.587. The minimum atomic E-state index is -0.847. The Labute approximate surface area is 184 Å². The van der Waals surface area contributed by atoms with E-state index < -0.39 is 25.1 Å². The van der Waals surface area contributed by atoms with E-state index in [1.165, 1.54) is 12.1 Å². The molecule has 3 rings (SSSR count). The highest BCUT2D eigenvalue weighted by molar-refractivity contribution is 5.56. The summed E-state index contributed by atoms with van der Waals surface area (Å²) in [5, 5.41) is 31.6. The SMILES string of the molecule is CC(C)Oc1cc(Nc2cc(OC(CO)CO)nc(NC(C)c3ccc(F)cn3)n2)[nH]n1. The first-order chi connectivity index (χ1) is 15.4. The van der Waals surface area contributed by atoms with E-state index in [2.05, 4.69) is 35.8 Å². The first-order valence-corrected chi connectivity index (χ1v) is 10.0. The standard InChI is InChI=1S/C20H26FN7O4/c1-11(2)31-19-7-17(27-28-19)24-16-6-18(32-14(9-29)10-30)26-20(25-16)23-12(3)15-5-4-13(21)8-22-15/h4-8,11-12,14,29-30H,9-10H2,1-3H3,(H3,23,24,25,26,27,28). The molecule has 3 heterocycles. The number of aliphatic hydroxyl groups excluding tert-OH is 2. The molecule has 172 valence electrons. The number of H-pyrrole nitrogens is 1. The normalized spacial score (nSPS) is 12.1. The van der Waals surface area contributed by atoms with Gasteiger partial charge in [0.1, 0.15) is 23.6 Å². The maximum atomic E-state index is 13.2. The fraction of sp³-hybridized carbons (Fsp3) is 0.400. The van der Waals surface area contributed by atoms with Gasteiger partial charge < -0.3 is 30.3 Å². The van der Waals surface area contributed by atoms with Crippen LogP contribution in [0.25, 0.3) is 0 Å². The summed E-state index contributed by atoms with van der Waals surface area (Å²) >= 11 is 0. The van der Waals surface area contributed by atoms with Gasteiger partial charge in [-0.15, -0.1) is 5.10 Å². The molecule has 0 aromatic carbocycles. The number of rotatable bonds is 11. The average Bonchev–Trinajstić information content (AvgIpc) is 3.18. The van der Waals surface area contributed by atoms with Gasteiger partial charge in [0.05, 0.1) is 37.3 Å². The van der Waals surface area contributed by atoms with Crippen LogP contribution in [0.5, 0.6) is 11.8 Å². The second-order valence-corrected chi connectivity index (χ2v) is 7.20. The summed E-state index contributed by atoms with van der Waals surface area (Å²) in [4.78, 5) is 12.7. The highest BCUT2D eigenvalue weighted by Gasteiger charge is 2.15. The first-order valence-electron chi connectivity index (χ1n) is 10.0. The molecule has 0 aliphatic carbocycles. The second kappa shape index (κ2) is 10.7. The molecule has 0 saturated carbocycles. The Morgan fingerprint density at radius 3 is 2.50 bits per heavy atom. The van der Waals surface area contributed by atoms with E-state index in [1.807, 2.05) is 20.8 Å². The Morgan fingerprint density at radius 1 is 1.06 bits per heavy atom. The molecule has 11 nitrogen and oxygen atoms in total. The van der Waals surface area contributed by atoms with Crippen LogP contribution in [0, 0.1) is 5.82 Å². The molecule has 0 fully saturated rings. The summed E-state index contributed by atoms with van der Waals surface area (Å²) in [6.45, 7) is 4.82. The van der Waals surface area contributed by atoms with Crippen LogP contribution < -0.4 is 20.1 Å². The van der Waals surface area contributed by atoms with Crippen molar-refractivity contribution in [1.29, 1.82) is 0 Å². The molecule has 32 heavy (non-hydrogen) atoms. The highest BCUT2D eigenvalue weighted by Crippen LogP contribution is 2.24. The van der Waals surface area contributed by atoms with Gasteiger partial charge >= 0.3 is 0 Å². The number of halogens is 1. The van der Waals surface area contributed by atoms with Crippen molar-refractivity contribution in [3.05, 3.63) is 42.0 Å². The number of nitrogens with zero attached hydrogens (tertiary/aromatic N) is 4. The van der Waals surface area contributed by atoms with Crippen molar-refractivity contribution in [3.8, 4) is 11.8 Å². The second-order valence-electron chi connectivity index (χ2n) is 7.20. The smallest absolute Gasteiger partial charge is 0.234 e. The van der Waals surface area contributed by atoms with Crippen LogP contribution in [0.4, 0.5) is 22.0 Å². The predicted molar refractivity (Wildman–Crippen MR) is 114 cm³/mol. The number of aromatic amines is 1. The molecule has 0 bridgehead atoms. The number of hydrogen-bond acceptors (Lipinski definition) is 10. The van der Waals surface area contributed by atoms with Crippen molar-refractivity contribution in [2.24, 2.45) is 0 Å². The molecule has 3 aromatic rings. The van der Waals surface area contributed by atoms with Crippen LogP contribution in [0.3, 0.4) is 0 Å². The van der Waals surface area contributed by atoms with Crippen LogP contribution >= 0.6 is 0 Å². The van der Waals surface area contributed by atoms with E-state index in [-0.39, 0.29) is 24.0 Å². The Balaban J connectivity index is 1.83. The maximum Gasteiger partial charge on any atom is 0.234 e. The van der Waals surface area contributed by atoms with Gasteiger partial charge in [0, 0.05) is 12.1 Å². The topological polar surface area (TPSA) is 150 Å². The minimum absolute atomic E-state index is 0.0311. The molecule has 0 aliphatic rings. The Kier molecular flexibility index (Phi) is 7.73. The van der Waals surface area contributed by atoms with Crippen molar-refractivity contribution >= 4 is 17.6 Å². The number of pyridine rings is 1. The van der Waals surface area contributed by atoms with Crippen molar-refractivity contribution in [3.63, 3.8) is 0 Å². The van der Waals surface area contributed by atoms with Gasteiger partial charge in [-0.2, -0.15) is 9.97 Å². The van der Waals surface area contributed by atoms with E-state index in [0.29, 0.717) is 23.2 Å². The van der Waals surface area contributed by atoms with Crippen LogP contribution in [0.1, 0.15) is 32.5 Å². The fourth-order valence-corrected chi connectivity index (χ4v) is 2.64. The minimum Gasteiger partial charge on any atom is -0.474 e. The molecule has 0 saturated heterocycles. The molecule has 0 amide bonds. The number of nitrogens with one attached hydrogen (secondary N) is 3. The van der Waals surface area contributed by atoms with Gasteiger partial charge in [-0.3, -0.25) is 10.1 Å². The Bertz CT molecular complexity index is 996. The van der Waals surface area contributed by atoms with Crippen LogP contribution in [-0.4, -0.2) is 60.8 Å². The molecule has 12 heteroatoms. The lowest BCUT2D eigenvalue weighted by Gasteiger charge is -2.17. The zero-order valence-electron chi connectivity index (χ0n) is 17.9. The number of aromatic nitrogens is 5. The lowest BCUT2D eigenvalue weighted by Crippen LogP contribution is -2.26. The summed E-state index contributed by atoms with van der Waals surface area (Å²) in [7, 11) is 0. The summed E-state index contributed by atoms with van der Waals surface area (Å²) in [6, 6.07) is 5.71. The number of hydrogen-bond donors (Lipinski definition) is 5. The largest absolute Gasteiger partial charge is 0.474 e. The van der Waals surface area contributed by atoms with Gasteiger partial charge in [0.2, 0.25) is 17.7 Å². The van der Waals surface area contributed by atoms with Crippen LogP contribution in [0.2, 0.25) is 0 Å². The molecule has 0 aliphatic heterocycles. The van der Waals surface area contributed by atoms with E-state index in [9.17, 15) is 14.6 Å². The van der Waals surface area contributed by atoms with Gasteiger partial charge in [0.25, 0.3) is 0 Å². The lowest BCUT2D eigenvalue weighted by atomic mass is 10.2. The van der Waals surface area contributed by atoms with E-state index in [1.54, 1.807) is 12.1 Å². The van der Waals surface area contributed by atoms with Gasteiger partial charge in [0.15, 0.2) is 0 Å². The number of anilines is 3. The van der Waals surface area contributed by atoms with Crippen molar-refractivity contribution < 1.29 is 24.1 Å².